The summed E-state index contributed by atoms with van der Waals surface area (Å²) < 4.78 is 0. The second kappa shape index (κ2) is 5.13. The van der Waals surface area contributed by atoms with Crippen LogP contribution in [0.4, 0.5) is 0 Å². The van der Waals surface area contributed by atoms with Crippen molar-refractivity contribution in [2.24, 2.45) is 17.8 Å². The summed E-state index contributed by atoms with van der Waals surface area (Å²) in [5, 5.41) is 12.3. The monoisotopic (exact) mass is 209 g/mol. The van der Waals surface area contributed by atoms with Crippen LogP contribution in [0.3, 0.4) is 0 Å². The minimum absolute atomic E-state index is 0.322. The molecule has 2 N–H and O–H groups in total. The van der Waals surface area contributed by atoms with Crippen molar-refractivity contribution < 1.29 is 5.11 Å². The maximum Gasteiger partial charge on any atom is 0.0431 e. The third-order valence-electron chi connectivity index (χ3n) is 3.94. The van der Waals surface area contributed by atoms with Crippen LogP contribution in [-0.2, 0) is 0 Å². The van der Waals surface area contributed by atoms with Gasteiger partial charge in [0.1, 0.15) is 0 Å². The number of hydrogen-bond acceptors (Lipinski definition) is 2. The standard InChI is InChI=1S/C13H23NO/c1-10(3-2-6-15)14-9-13-8-11-4-5-12(13)7-11/h4-5,10-15H,2-3,6-9H2,1H3/t10-,11-,12-,13+/m0/s1. The maximum atomic E-state index is 8.74. The van der Waals surface area contributed by atoms with Crippen molar-refractivity contribution in [3.63, 3.8) is 0 Å². The highest BCUT2D eigenvalue weighted by Gasteiger charge is 2.35. The predicted molar refractivity (Wildman–Crippen MR) is 62.6 cm³/mol. The summed E-state index contributed by atoms with van der Waals surface area (Å²) in [6.07, 6.45) is 9.62. The minimum Gasteiger partial charge on any atom is -0.396 e. The van der Waals surface area contributed by atoms with Crippen LogP contribution in [-0.4, -0.2) is 24.3 Å². The first-order chi connectivity index (χ1) is 7.29. The number of aliphatic hydroxyl groups excluding tert-OH is 1. The Kier molecular flexibility index (Phi) is 3.81. The molecule has 0 aromatic rings. The van der Waals surface area contributed by atoms with Crippen LogP contribution in [0.5, 0.6) is 0 Å². The molecule has 86 valence electrons. The molecule has 1 saturated carbocycles. The number of nitrogens with one attached hydrogen (secondary N) is 1. The molecule has 2 rings (SSSR count). The van der Waals surface area contributed by atoms with Crippen molar-refractivity contribution >= 4 is 0 Å². The molecule has 0 radical (unpaired) electrons. The lowest BCUT2D eigenvalue weighted by Gasteiger charge is -2.21. The molecule has 0 aromatic heterocycles. The number of hydrogen-bond donors (Lipinski definition) is 2. The molecule has 2 bridgehead atoms. The highest BCUT2D eigenvalue weighted by Crippen LogP contribution is 2.42. The highest BCUT2D eigenvalue weighted by atomic mass is 16.2. The van der Waals surface area contributed by atoms with E-state index in [1.807, 2.05) is 0 Å². The van der Waals surface area contributed by atoms with Crippen molar-refractivity contribution in [1.29, 1.82) is 0 Å². The second-order valence-corrected chi connectivity index (χ2v) is 5.22. The van der Waals surface area contributed by atoms with Crippen LogP contribution in [0.25, 0.3) is 0 Å². The van der Waals surface area contributed by atoms with Gasteiger partial charge in [-0.05, 0) is 56.9 Å². The average Bonchev–Trinajstić information content (AvgIpc) is 2.84. The van der Waals surface area contributed by atoms with Crippen LogP contribution < -0.4 is 5.32 Å². The Morgan fingerprint density at radius 1 is 1.40 bits per heavy atom. The smallest absolute Gasteiger partial charge is 0.0431 e. The number of aliphatic hydroxyl groups is 1. The zero-order valence-electron chi connectivity index (χ0n) is 9.65. The lowest BCUT2D eigenvalue weighted by molar-refractivity contribution is 0.274. The molecule has 1 fully saturated rings. The van der Waals surface area contributed by atoms with Crippen molar-refractivity contribution in [3.05, 3.63) is 12.2 Å². The molecule has 0 aromatic carbocycles. The fraction of sp³-hybridized carbons (Fsp3) is 0.846. The first-order valence-corrected chi connectivity index (χ1v) is 6.32. The molecule has 0 unspecified atom stereocenters. The highest BCUT2D eigenvalue weighted by molar-refractivity contribution is 5.10. The van der Waals surface area contributed by atoms with Crippen molar-refractivity contribution in [2.75, 3.05) is 13.2 Å². The van der Waals surface area contributed by atoms with E-state index < -0.39 is 0 Å². The molecule has 0 spiro atoms. The van der Waals surface area contributed by atoms with E-state index in [1.54, 1.807) is 0 Å². The van der Waals surface area contributed by atoms with Crippen molar-refractivity contribution in [2.45, 2.75) is 38.6 Å². The van der Waals surface area contributed by atoms with Crippen LogP contribution in [0.15, 0.2) is 12.2 Å². The summed E-state index contributed by atoms with van der Waals surface area (Å²) in [4.78, 5) is 0. The van der Waals surface area contributed by atoms with E-state index in [1.165, 1.54) is 12.8 Å². The number of fused-ring (bicyclic) bond motifs is 2. The van der Waals surface area contributed by atoms with E-state index in [9.17, 15) is 0 Å². The van der Waals surface area contributed by atoms with Crippen molar-refractivity contribution in [1.82, 2.24) is 5.32 Å². The molecule has 2 heteroatoms. The molecule has 0 saturated heterocycles. The molecule has 2 nitrogen and oxygen atoms in total. The van der Waals surface area contributed by atoms with Gasteiger partial charge in [-0.1, -0.05) is 12.2 Å². The van der Waals surface area contributed by atoms with E-state index >= 15 is 0 Å². The SMILES string of the molecule is C[C@@H](CCCO)NC[C@H]1C[C@H]2C=C[C@H]1C2. The van der Waals surface area contributed by atoms with Gasteiger partial charge in [0, 0.05) is 12.6 Å². The van der Waals surface area contributed by atoms with Crippen LogP contribution in [0.1, 0.15) is 32.6 Å². The summed E-state index contributed by atoms with van der Waals surface area (Å²) in [5.41, 5.74) is 0. The third-order valence-corrected chi connectivity index (χ3v) is 3.94. The van der Waals surface area contributed by atoms with Gasteiger partial charge < -0.3 is 10.4 Å². The van der Waals surface area contributed by atoms with Crippen molar-refractivity contribution in [3.8, 4) is 0 Å². The van der Waals surface area contributed by atoms with Gasteiger partial charge in [-0.25, -0.2) is 0 Å². The zero-order chi connectivity index (χ0) is 10.7. The molecule has 0 heterocycles. The predicted octanol–water partition coefficient (Wildman–Crippen LogP) is 1.95. The molecule has 2 aliphatic carbocycles. The van der Waals surface area contributed by atoms with Gasteiger partial charge in [-0.2, -0.15) is 0 Å². The molecule has 4 atom stereocenters. The summed E-state index contributed by atoms with van der Waals surface area (Å²) in [7, 11) is 0. The Bertz CT molecular complexity index is 227. The van der Waals surface area contributed by atoms with Gasteiger partial charge in [0.25, 0.3) is 0 Å². The average molecular weight is 209 g/mol. The third kappa shape index (κ3) is 2.82. The van der Waals surface area contributed by atoms with Gasteiger partial charge >= 0.3 is 0 Å². The Hall–Kier alpha value is -0.340. The molecule has 15 heavy (non-hydrogen) atoms. The second-order valence-electron chi connectivity index (χ2n) is 5.22. The van der Waals surface area contributed by atoms with E-state index in [2.05, 4.69) is 24.4 Å². The van der Waals surface area contributed by atoms with E-state index in [0.717, 1.165) is 37.1 Å². The molecular formula is C13H23NO. The van der Waals surface area contributed by atoms with E-state index in [-0.39, 0.29) is 0 Å². The largest absolute Gasteiger partial charge is 0.396 e. The topological polar surface area (TPSA) is 32.3 Å². The fourth-order valence-corrected chi connectivity index (χ4v) is 2.98. The van der Waals surface area contributed by atoms with Gasteiger partial charge in [0.05, 0.1) is 0 Å². The summed E-state index contributed by atoms with van der Waals surface area (Å²) in [6, 6.07) is 0.556. The molecule has 0 amide bonds. The Morgan fingerprint density at radius 2 is 2.27 bits per heavy atom. The normalized spacial score (nSPS) is 34.9. The molecule has 2 aliphatic rings. The fourth-order valence-electron chi connectivity index (χ4n) is 2.98. The van der Waals surface area contributed by atoms with Gasteiger partial charge in [0.2, 0.25) is 0 Å². The Morgan fingerprint density at radius 3 is 2.87 bits per heavy atom. The van der Waals surface area contributed by atoms with Gasteiger partial charge in [0.15, 0.2) is 0 Å². The van der Waals surface area contributed by atoms with Crippen LogP contribution in [0, 0.1) is 17.8 Å². The first-order valence-electron chi connectivity index (χ1n) is 6.32. The van der Waals surface area contributed by atoms with E-state index in [4.69, 9.17) is 5.11 Å². The number of allylic oxidation sites excluding steroid dienone is 2. The summed E-state index contributed by atoms with van der Waals surface area (Å²) in [5.74, 6) is 2.61. The first kappa shape index (κ1) is 11.2. The Labute approximate surface area is 92.8 Å². The maximum absolute atomic E-state index is 8.74. The van der Waals surface area contributed by atoms with Crippen LogP contribution in [0.2, 0.25) is 0 Å². The van der Waals surface area contributed by atoms with Crippen LogP contribution >= 0.6 is 0 Å². The number of rotatable bonds is 6. The zero-order valence-corrected chi connectivity index (χ0v) is 9.65. The Balaban J connectivity index is 1.64. The van der Waals surface area contributed by atoms with E-state index in [0.29, 0.717) is 12.6 Å². The minimum atomic E-state index is 0.322. The summed E-state index contributed by atoms with van der Waals surface area (Å²) >= 11 is 0. The summed E-state index contributed by atoms with van der Waals surface area (Å²) in [6.45, 7) is 3.71. The van der Waals surface area contributed by atoms with Gasteiger partial charge in [-0.15, -0.1) is 0 Å². The van der Waals surface area contributed by atoms with Gasteiger partial charge in [-0.3, -0.25) is 0 Å². The molecular weight excluding hydrogens is 186 g/mol. The molecule has 0 aliphatic heterocycles. The quantitative estimate of drug-likeness (QED) is 0.655. The lowest BCUT2D eigenvalue weighted by Crippen LogP contribution is -2.32. The lowest BCUT2D eigenvalue weighted by atomic mass is 9.93.